The molecule has 0 fully saturated rings. The molecule has 0 saturated heterocycles. The maximum Gasteiger partial charge on any atom is 0.342 e. The van der Waals surface area contributed by atoms with Gasteiger partial charge in [0, 0.05) is 6.54 Å². The van der Waals surface area contributed by atoms with Crippen molar-refractivity contribution < 1.29 is 28.7 Å². The highest BCUT2D eigenvalue weighted by molar-refractivity contribution is 6.21. The molecule has 0 bridgehead atoms. The van der Waals surface area contributed by atoms with E-state index < -0.39 is 18.0 Å². The minimum absolute atomic E-state index is 0.0108. The lowest BCUT2D eigenvalue weighted by atomic mass is 10.1. The molecule has 1 atom stereocenters. The zero-order valence-electron chi connectivity index (χ0n) is 17.6. The zero-order chi connectivity index (χ0) is 22.5. The predicted molar refractivity (Wildman–Crippen MR) is 112 cm³/mol. The van der Waals surface area contributed by atoms with Gasteiger partial charge in [0.15, 0.2) is 6.10 Å². The van der Waals surface area contributed by atoms with Crippen LogP contribution in [0.1, 0.15) is 56.9 Å². The Hall–Kier alpha value is -3.68. The van der Waals surface area contributed by atoms with E-state index in [-0.39, 0.29) is 29.7 Å². The summed E-state index contributed by atoms with van der Waals surface area (Å²) in [4.78, 5) is 51.0. The first kappa shape index (κ1) is 22.0. The van der Waals surface area contributed by atoms with Gasteiger partial charge in [0.1, 0.15) is 11.3 Å². The molecule has 162 valence electrons. The van der Waals surface area contributed by atoms with Gasteiger partial charge in [-0.25, -0.2) is 4.79 Å². The molecule has 0 radical (unpaired) electrons. The average Bonchev–Trinajstić information content (AvgIpc) is 3.02. The van der Waals surface area contributed by atoms with Crippen LogP contribution in [0.5, 0.6) is 5.75 Å². The SMILES string of the molecule is CCCNC(=O)C(C)OC(=O)c1cc(CN2C(=O)c3ccccc3C2=O)ccc1OC. The van der Waals surface area contributed by atoms with Crippen LogP contribution in [0.2, 0.25) is 0 Å². The fraction of sp³-hybridized carbons (Fsp3) is 0.304. The summed E-state index contributed by atoms with van der Waals surface area (Å²) < 4.78 is 10.5. The Morgan fingerprint density at radius 3 is 2.29 bits per heavy atom. The van der Waals surface area contributed by atoms with Gasteiger partial charge < -0.3 is 14.8 Å². The van der Waals surface area contributed by atoms with Crippen LogP contribution >= 0.6 is 0 Å². The largest absolute Gasteiger partial charge is 0.496 e. The number of nitrogens with zero attached hydrogens (tertiary/aromatic N) is 1. The summed E-state index contributed by atoms with van der Waals surface area (Å²) in [5.74, 6) is -1.64. The molecular weight excluding hydrogens is 400 g/mol. The monoisotopic (exact) mass is 424 g/mol. The van der Waals surface area contributed by atoms with E-state index >= 15 is 0 Å². The van der Waals surface area contributed by atoms with E-state index in [4.69, 9.17) is 9.47 Å². The third kappa shape index (κ3) is 4.58. The molecule has 0 aromatic heterocycles. The molecule has 8 heteroatoms. The molecule has 31 heavy (non-hydrogen) atoms. The summed E-state index contributed by atoms with van der Waals surface area (Å²) in [6.45, 7) is 3.88. The summed E-state index contributed by atoms with van der Waals surface area (Å²) in [6, 6.07) is 11.3. The van der Waals surface area contributed by atoms with Crippen molar-refractivity contribution in [3.05, 3.63) is 64.7 Å². The smallest absolute Gasteiger partial charge is 0.342 e. The van der Waals surface area contributed by atoms with Crippen LogP contribution < -0.4 is 10.1 Å². The van der Waals surface area contributed by atoms with Crippen molar-refractivity contribution in [2.75, 3.05) is 13.7 Å². The highest BCUT2D eigenvalue weighted by Gasteiger charge is 2.35. The Balaban J connectivity index is 1.78. The lowest BCUT2D eigenvalue weighted by Crippen LogP contribution is -2.36. The Labute approximate surface area is 180 Å². The van der Waals surface area contributed by atoms with E-state index in [1.54, 1.807) is 36.4 Å². The van der Waals surface area contributed by atoms with Gasteiger partial charge in [0.25, 0.3) is 17.7 Å². The third-order valence-electron chi connectivity index (χ3n) is 4.90. The number of imide groups is 1. The second kappa shape index (κ2) is 9.42. The standard InChI is InChI=1S/C23H24N2O6/c1-4-11-24-20(26)14(2)31-23(29)18-12-15(9-10-19(18)30-3)13-25-21(27)16-7-5-6-8-17(16)22(25)28/h5-10,12,14H,4,11,13H2,1-3H3,(H,24,26). The van der Waals surface area contributed by atoms with Gasteiger partial charge in [-0.3, -0.25) is 19.3 Å². The third-order valence-corrected chi connectivity index (χ3v) is 4.90. The van der Waals surface area contributed by atoms with E-state index in [1.165, 1.54) is 20.1 Å². The second-order valence-corrected chi connectivity index (χ2v) is 7.12. The summed E-state index contributed by atoms with van der Waals surface area (Å²) >= 11 is 0. The zero-order valence-corrected chi connectivity index (χ0v) is 17.6. The van der Waals surface area contributed by atoms with Gasteiger partial charge in [-0.15, -0.1) is 0 Å². The molecular formula is C23H24N2O6. The van der Waals surface area contributed by atoms with Crippen LogP contribution in [0.4, 0.5) is 0 Å². The first-order chi connectivity index (χ1) is 14.9. The van der Waals surface area contributed by atoms with Gasteiger partial charge in [-0.05, 0) is 43.2 Å². The van der Waals surface area contributed by atoms with E-state index in [0.717, 1.165) is 11.3 Å². The Morgan fingerprint density at radius 2 is 1.71 bits per heavy atom. The number of hydrogen-bond acceptors (Lipinski definition) is 6. The van der Waals surface area contributed by atoms with Crippen molar-refractivity contribution >= 4 is 23.7 Å². The summed E-state index contributed by atoms with van der Waals surface area (Å²) in [5.41, 5.74) is 1.36. The lowest BCUT2D eigenvalue weighted by molar-refractivity contribution is -0.129. The maximum absolute atomic E-state index is 12.7. The van der Waals surface area contributed by atoms with Gasteiger partial charge >= 0.3 is 5.97 Å². The van der Waals surface area contributed by atoms with Gasteiger partial charge in [-0.2, -0.15) is 0 Å². The number of rotatable bonds is 8. The molecule has 2 aromatic carbocycles. The number of benzene rings is 2. The number of carbonyl (C=O) groups is 4. The van der Waals surface area contributed by atoms with E-state index in [0.29, 0.717) is 23.2 Å². The van der Waals surface area contributed by atoms with Crippen LogP contribution in [0, 0.1) is 0 Å². The van der Waals surface area contributed by atoms with Crippen molar-refractivity contribution in [2.45, 2.75) is 32.9 Å². The first-order valence-corrected chi connectivity index (χ1v) is 9.98. The first-order valence-electron chi connectivity index (χ1n) is 9.98. The number of hydrogen-bond donors (Lipinski definition) is 1. The number of fused-ring (bicyclic) bond motifs is 1. The van der Waals surface area contributed by atoms with Crippen LogP contribution in [0.15, 0.2) is 42.5 Å². The Bertz CT molecular complexity index is 997. The van der Waals surface area contributed by atoms with E-state index in [2.05, 4.69) is 5.32 Å². The van der Waals surface area contributed by atoms with Crippen LogP contribution in [0.3, 0.4) is 0 Å². The van der Waals surface area contributed by atoms with Crippen LogP contribution in [0.25, 0.3) is 0 Å². The molecule has 1 aliphatic rings. The van der Waals surface area contributed by atoms with Crippen molar-refractivity contribution in [1.29, 1.82) is 0 Å². The number of nitrogens with one attached hydrogen (secondary N) is 1. The second-order valence-electron chi connectivity index (χ2n) is 7.12. The molecule has 1 unspecified atom stereocenters. The summed E-state index contributed by atoms with van der Waals surface area (Å²) in [5, 5.41) is 2.67. The minimum atomic E-state index is -0.983. The molecule has 2 aromatic rings. The van der Waals surface area contributed by atoms with Gasteiger partial charge in [0.05, 0.1) is 24.8 Å². The molecule has 0 spiro atoms. The van der Waals surface area contributed by atoms with Crippen LogP contribution in [-0.4, -0.2) is 48.3 Å². The topological polar surface area (TPSA) is 102 Å². The van der Waals surface area contributed by atoms with Crippen molar-refractivity contribution in [3.63, 3.8) is 0 Å². The molecule has 0 aliphatic carbocycles. The number of esters is 1. The molecule has 3 amide bonds. The quantitative estimate of drug-likeness (QED) is 0.516. The Morgan fingerprint density at radius 1 is 1.06 bits per heavy atom. The highest BCUT2D eigenvalue weighted by Crippen LogP contribution is 2.27. The van der Waals surface area contributed by atoms with Crippen molar-refractivity contribution in [1.82, 2.24) is 10.2 Å². The maximum atomic E-state index is 12.7. The number of methoxy groups -OCH3 is 1. The molecule has 8 nitrogen and oxygen atoms in total. The highest BCUT2D eigenvalue weighted by atomic mass is 16.5. The van der Waals surface area contributed by atoms with Gasteiger partial charge in [-0.1, -0.05) is 25.1 Å². The molecule has 0 saturated carbocycles. The molecule has 1 aliphatic heterocycles. The average molecular weight is 424 g/mol. The molecule has 3 rings (SSSR count). The fourth-order valence-electron chi connectivity index (χ4n) is 3.25. The lowest BCUT2D eigenvalue weighted by Gasteiger charge is -2.17. The van der Waals surface area contributed by atoms with Gasteiger partial charge in [0.2, 0.25) is 0 Å². The number of ether oxygens (including phenoxy) is 2. The fourth-order valence-corrected chi connectivity index (χ4v) is 3.25. The predicted octanol–water partition coefficient (Wildman–Crippen LogP) is 2.56. The van der Waals surface area contributed by atoms with Crippen molar-refractivity contribution in [2.24, 2.45) is 0 Å². The molecule has 1 N–H and O–H groups in total. The summed E-state index contributed by atoms with van der Waals surface area (Å²) in [6.07, 6.45) is -0.219. The summed E-state index contributed by atoms with van der Waals surface area (Å²) in [7, 11) is 1.41. The van der Waals surface area contributed by atoms with Crippen LogP contribution in [-0.2, 0) is 16.1 Å². The Kier molecular flexibility index (Phi) is 6.69. The minimum Gasteiger partial charge on any atom is -0.496 e. The van der Waals surface area contributed by atoms with E-state index in [9.17, 15) is 19.2 Å². The number of amides is 3. The van der Waals surface area contributed by atoms with E-state index in [1.807, 2.05) is 6.92 Å². The number of carbonyl (C=O) groups excluding carboxylic acids is 4. The molecule has 1 heterocycles. The van der Waals surface area contributed by atoms with Crippen molar-refractivity contribution in [3.8, 4) is 5.75 Å². The normalized spacial score (nSPS) is 13.6.